The Kier molecular flexibility index (Phi) is 4.13. The minimum atomic E-state index is 0.723. The largest absolute Gasteiger partial charge is 0.0976 e. The molecule has 0 aliphatic carbocycles. The summed E-state index contributed by atoms with van der Waals surface area (Å²) in [6, 6.07) is 0. The van der Waals surface area contributed by atoms with Crippen LogP contribution in [0.3, 0.4) is 0 Å². The van der Waals surface area contributed by atoms with Gasteiger partial charge in [0, 0.05) is 5.03 Å². The Bertz CT molecular complexity index is 181. The van der Waals surface area contributed by atoms with Crippen LogP contribution in [0.1, 0.15) is 20.8 Å². The van der Waals surface area contributed by atoms with E-state index in [4.69, 9.17) is 11.6 Å². The fraction of sp³-hybridized carbons (Fsp3) is 0.333. The van der Waals surface area contributed by atoms with Crippen LogP contribution in [0, 0.1) is 0 Å². The zero-order valence-corrected chi connectivity index (χ0v) is 7.50. The summed E-state index contributed by atoms with van der Waals surface area (Å²) in [5.41, 5.74) is 2.31. The molecule has 0 radical (unpaired) electrons. The Hall–Kier alpha value is -0.490. The molecule has 56 valence electrons. The molecule has 0 atom stereocenters. The molecule has 10 heavy (non-hydrogen) atoms. The third-order valence-electron chi connectivity index (χ3n) is 1.06. The average molecular weight is 157 g/mol. The van der Waals surface area contributed by atoms with Gasteiger partial charge in [0.25, 0.3) is 0 Å². The number of hydrogen-bond donors (Lipinski definition) is 0. The Morgan fingerprint density at radius 1 is 1.30 bits per heavy atom. The van der Waals surface area contributed by atoms with E-state index in [-0.39, 0.29) is 0 Å². The van der Waals surface area contributed by atoms with E-state index < -0.39 is 0 Å². The van der Waals surface area contributed by atoms with Crippen molar-refractivity contribution in [3.8, 4) is 0 Å². The quantitative estimate of drug-likeness (QED) is 0.536. The van der Waals surface area contributed by atoms with Gasteiger partial charge in [-0.25, -0.2) is 0 Å². The van der Waals surface area contributed by atoms with Crippen LogP contribution in [-0.4, -0.2) is 0 Å². The monoisotopic (exact) mass is 156 g/mol. The number of allylic oxidation sites excluding steroid dienone is 5. The Morgan fingerprint density at radius 2 is 1.80 bits per heavy atom. The fourth-order valence-electron chi connectivity index (χ4n) is 0.663. The molecule has 0 N–H and O–H groups in total. The number of rotatable bonds is 2. The summed E-state index contributed by atoms with van der Waals surface area (Å²) in [6.45, 7) is 9.62. The van der Waals surface area contributed by atoms with E-state index in [9.17, 15) is 0 Å². The highest BCUT2D eigenvalue weighted by atomic mass is 35.5. The summed E-state index contributed by atoms with van der Waals surface area (Å²) < 4.78 is 0. The normalized spacial score (nSPS) is 12.0. The van der Waals surface area contributed by atoms with Crippen LogP contribution in [-0.2, 0) is 0 Å². The second-order valence-electron chi connectivity index (χ2n) is 2.46. The van der Waals surface area contributed by atoms with E-state index in [1.807, 2.05) is 26.8 Å². The SMILES string of the molecule is C=CC(Cl)=C(C)C=C(C)C. The molecule has 0 aromatic heterocycles. The number of halogens is 1. The van der Waals surface area contributed by atoms with Gasteiger partial charge in [-0.05, 0) is 26.3 Å². The van der Waals surface area contributed by atoms with Crippen molar-refractivity contribution >= 4 is 11.6 Å². The van der Waals surface area contributed by atoms with E-state index in [1.165, 1.54) is 5.57 Å². The third-order valence-corrected chi connectivity index (χ3v) is 1.51. The van der Waals surface area contributed by atoms with Crippen molar-refractivity contribution in [1.29, 1.82) is 0 Å². The van der Waals surface area contributed by atoms with E-state index in [0.29, 0.717) is 0 Å². The first kappa shape index (κ1) is 9.51. The predicted octanol–water partition coefficient (Wildman–Crippen LogP) is 3.65. The molecule has 1 heteroatoms. The van der Waals surface area contributed by atoms with Gasteiger partial charge in [0.2, 0.25) is 0 Å². The number of hydrogen-bond acceptors (Lipinski definition) is 0. The maximum absolute atomic E-state index is 5.78. The highest BCUT2D eigenvalue weighted by molar-refractivity contribution is 6.31. The molecule has 0 aliphatic heterocycles. The van der Waals surface area contributed by atoms with Gasteiger partial charge in [0.1, 0.15) is 0 Å². The smallest absolute Gasteiger partial charge is 0.0429 e. The minimum Gasteiger partial charge on any atom is -0.0976 e. The molecule has 0 saturated heterocycles. The van der Waals surface area contributed by atoms with Crippen molar-refractivity contribution < 1.29 is 0 Å². The van der Waals surface area contributed by atoms with Crippen molar-refractivity contribution in [2.24, 2.45) is 0 Å². The molecule has 0 fully saturated rings. The van der Waals surface area contributed by atoms with Crippen molar-refractivity contribution in [3.63, 3.8) is 0 Å². The second kappa shape index (κ2) is 4.35. The summed E-state index contributed by atoms with van der Waals surface area (Å²) in [5, 5.41) is 0.723. The average Bonchev–Trinajstić information content (AvgIpc) is 1.85. The first-order chi connectivity index (χ1) is 4.57. The van der Waals surface area contributed by atoms with Crippen molar-refractivity contribution in [2.75, 3.05) is 0 Å². The molecule has 0 aromatic carbocycles. The Balaban J connectivity index is 4.48. The lowest BCUT2D eigenvalue weighted by molar-refractivity contribution is 1.34. The molecule has 0 spiro atoms. The van der Waals surface area contributed by atoms with Gasteiger partial charge in [-0.3, -0.25) is 0 Å². The van der Waals surface area contributed by atoms with Crippen LogP contribution >= 0.6 is 11.6 Å². The molecule has 0 unspecified atom stereocenters. The van der Waals surface area contributed by atoms with E-state index in [1.54, 1.807) is 6.08 Å². The lowest BCUT2D eigenvalue weighted by Crippen LogP contribution is -1.73. The summed E-state index contributed by atoms with van der Waals surface area (Å²) in [6.07, 6.45) is 3.68. The van der Waals surface area contributed by atoms with Crippen molar-refractivity contribution in [2.45, 2.75) is 20.8 Å². The zero-order chi connectivity index (χ0) is 8.15. The third kappa shape index (κ3) is 3.52. The summed E-state index contributed by atoms with van der Waals surface area (Å²) >= 11 is 5.78. The van der Waals surface area contributed by atoms with Gasteiger partial charge in [-0.15, -0.1) is 0 Å². The molecule has 0 aliphatic rings. The van der Waals surface area contributed by atoms with Gasteiger partial charge < -0.3 is 0 Å². The molecule has 0 nitrogen and oxygen atoms in total. The molecule has 0 aromatic rings. The van der Waals surface area contributed by atoms with Gasteiger partial charge >= 0.3 is 0 Å². The first-order valence-electron chi connectivity index (χ1n) is 3.21. The van der Waals surface area contributed by atoms with Crippen LogP contribution in [0.5, 0.6) is 0 Å². The van der Waals surface area contributed by atoms with E-state index in [0.717, 1.165) is 10.6 Å². The van der Waals surface area contributed by atoms with Gasteiger partial charge in [-0.2, -0.15) is 0 Å². The zero-order valence-electron chi connectivity index (χ0n) is 6.74. The highest BCUT2D eigenvalue weighted by Crippen LogP contribution is 2.12. The summed E-state index contributed by atoms with van der Waals surface area (Å²) in [5.74, 6) is 0. The predicted molar refractivity (Wildman–Crippen MR) is 48.2 cm³/mol. The minimum absolute atomic E-state index is 0.723. The maximum Gasteiger partial charge on any atom is 0.0429 e. The molecule has 0 heterocycles. The lowest BCUT2D eigenvalue weighted by Gasteiger charge is -1.94. The lowest BCUT2D eigenvalue weighted by atomic mass is 10.2. The van der Waals surface area contributed by atoms with Crippen LogP contribution in [0.25, 0.3) is 0 Å². The van der Waals surface area contributed by atoms with Crippen LogP contribution in [0.4, 0.5) is 0 Å². The fourth-order valence-corrected chi connectivity index (χ4v) is 0.717. The highest BCUT2D eigenvalue weighted by Gasteiger charge is 1.89. The van der Waals surface area contributed by atoms with Crippen LogP contribution in [0.2, 0.25) is 0 Å². The molecule has 0 bridgehead atoms. The van der Waals surface area contributed by atoms with Gasteiger partial charge in [-0.1, -0.05) is 35.9 Å². The van der Waals surface area contributed by atoms with Crippen LogP contribution in [0.15, 0.2) is 34.9 Å². The topological polar surface area (TPSA) is 0 Å². The van der Waals surface area contributed by atoms with Crippen molar-refractivity contribution in [3.05, 3.63) is 34.9 Å². The molecule has 0 saturated carbocycles. The summed E-state index contributed by atoms with van der Waals surface area (Å²) in [7, 11) is 0. The maximum atomic E-state index is 5.78. The first-order valence-corrected chi connectivity index (χ1v) is 3.59. The van der Waals surface area contributed by atoms with Gasteiger partial charge in [0.15, 0.2) is 0 Å². The molecule has 0 rings (SSSR count). The summed E-state index contributed by atoms with van der Waals surface area (Å²) in [4.78, 5) is 0. The Morgan fingerprint density at radius 3 is 2.10 bits per heavy atom. The van der Waals surface area contributed by atoms with E-state index in [2.05, 4.69) is 6.58 Å². The Labute approximate surface area is 67.9 Å². The molecular formula is C9H13Cl. The van der Waals surface area contributed by atoms with E-state index >= 15 is 0 Å². The van der Waals surface area contributed by atoms with Crippen LogP contribution < -0.4 is 0 Å². The van der Waals surface area contributed by atoms with Gasteiger partial charge in [0.05, 0.1) is 0 Å². The molecule has 0 amide bonds. The van der Waals surface area contributed by atoms with Crippen molar-refractivity contribution in [1.82, 2.24) is 0 Å². The molecular weight excluding hydrogens is 144 g/mol. The standard InChI is InChI=1S/C9H13Cl/c1-5-9(10)8(4)6-7(2)3/h5-6H,1H2,2-4H3. The second-order valence-corrected chi connectivity index (χ2v) is 2.86.